The Morgan fingerprint density at radius 3 is 2.70 bits per heavy atom. The maximum absolute atomic E-state index is 10.3. The monoisotopic (exact) mass is 409 g/mol. The molecule has 0 spiro atoms. The summed E-state index contributed by atoms with van der Waals surface area (Å²) in [5, 5.41) is 28.5. The molecule has 3 heterocycles. The van der Waals surface area contributed by atoms with Gasteiger partial charge in [-0.25, -0.2) is 4.98 Å². The Bertz CT molecular complexity index is 1030. The summed E-state index contributed by atoms with van der Waals surface area (Å²) in [4.78, 5) is 6.77. The molecule has 1 aliphatic carbocycles. The fourth-order valence-corrected chi connectivity index (χ4v) is 4.42. The number of ether oxygens (including phenoxy) is 1. The Hall–Kier alpha value is -2.68. The van der Waals surface area contributed by atoms with Crippen molar-refractivity contribution in [3.05, 3.63) is 42.6 Å². The lowest BCUT2D eigenvalue weighted by atomic mass is 10.1. The third-order valence-corrected chi connectivity index (χ3v) is 6.18. The second kappa shape index (κ2) is 7.86. The normalized spacial score (nSPS) is 27.0. The lowest BCUT2D eigenvalue weighted by Crippen LogP contribution is -2.36. The molecule has 8 nitrogen and oxygen atoms in total. The topological polar surface area (TPSA) is 95.2 Å². The number of aliphatic hydroxyl groups is 2. The zero-order valence-corrected chi connectivity index (χ0v) is 17.0. The number of aromatic nitrogens is 3. The molecule has 30 heavy (non-hydrogen) atoms. The number of hydrogen-bond acceptors (Lipinski definition) is 7. The van der Waals surface area contributed by atoms with Crippen molar-refractivity contribution in [2.45, 2.75) is 31.6 Å². The number of hydrogen-bond donors (Lipinski definition) is 3. The Labute approximate surface area is 175 Å². The molecule has 0 radical (unpaired) electrons. The maximum Gasteiger partial charge on any atom is 0.157 e. The van der Waals surface area contributed by atoms with Crippen molar-refractivity contribution >= 4 is 17.2 Å². The van der Waals surface area contributed by atoms with Gasteiger partial charge in [0.1, 0.15) is 11.9 Å². The Kier molecular flexibility index (Phi) is 5.06. The minimum absolute atomic E-state index is 0.0472. The average Bonchev–Trinajstić information content (AvgIpc) is 3.32. The molecule has 3 N–H and O–H groups in total. The van der Waals surface area contributed by atoms with Crippen LogP contribution in [-0.2, 0) is 4.74 Å². The van der Waals surface area contributed by atoms with E-state index < -0.39 is 12.2 Å². The molecule has 0 bridgehead atoms. The zero-order chi connectivity index (χ0) is 20.7. The number of fused-ring (bicyclic) bond motifs is 1. The molecule has 4 atom stereocenters. The van der Waals surface area contributed by atoms with Gasteiger partial charge >= 0.3 is 0 Å². The van der Waals surface area contributed by atoms with Crippen LogP contribution in [0.4, 0.5) is 11.5 Å². The second-order valence-corrected chi connectivity index (χ2v) is 8.22. The van der Waals surface area contributed by atoms with Gasteiger partial charge in [-0.3, -0.25) is 0 Å². The largest absolute Gasteiger partial charge is 0.390 e. The number of nitrogens with zero attached hydrogens (tertiary/aromatic N) is 4. The smallest absolute Gasteiger partial charge is 0.157 e. The van der Waals surface area contributed by atoms with E-state index in [-0.39, 0.29) is 12.0 Å². The number of benzene rings is 1. The van der Waals surface area contributed by atoms with Gasteiger partial charge < -0.3 is 25.2 Å². The molecule has 0 unspecified atom stereocenters. The van der Waals surface area contributed by atoms with Crippen LogP contribution in [0, 0.1) is 5.92 Å². The van der Waals surface area contributed by atoms with E-state index in [1.807, 2.05) is 25.1 Å². The first-order valence-electron chi connectivity index (χ1n) is 10.5. The van der Waals surface area contributed by atoms with E-state index >= 15 is 0 Å². The fourth-order valence-electron chi connectivity index (χ4n) is 4.42. The summed E-state index contributed by atoms with van der Waals surface area (Å²) in [7, 11) is 0. The number of anilines is 2. The van der Waals surface area contributed by atoms with Gasteiger partial charge in [-0.15, -0.1) is 0 Å². The van der Waals surface area contributed by atoms with Crippen molar-refractivity contribution in [1.82, 2.24) is 14.6 Å². The van der Waals surface area contributed by atoms with Crippen molar-refractivity contribution in [3.63, 3.8) is 0 Å². The van der Waals surface area contributed by atoms with Gasteiger partial charge in [-0.05, 0) is 30.5 Å². The van der Waals surface area contributed by atoms with Gasteiger partial charge in [0.05, 0.1) is 31.1 Å². The molecular formula is C22H27N5O3. The zero-order valence-electron chi connectivity index (χ0n) is 17.0. The van der Waals surface area contributed by atoms with Crippen LogP contribution in [0.25, 0.3) is 16.9 Å². The van der Waals surface area contributed by atoms with Crippen molar-refractivity contribution in [2.24, 2.45) is 5.92 Å². The Balaban J connectivity index is 1.44. The summed E-state index contributed by atoms with van der Waals surface area (Å²) in [5.74, 6) is 0.798. The molecular weight excluding hydrogens is 382 g/mol. The second-order valence-electron chi connectivity index (χ2n) is 8.22. The maximum atomic E-state index is 10.3. The first-order valence-corrected chi connectivity index (χ1v) is 10.5. The van der Waals surface area contributed by atoms with E-state index in [1.54, 1.807) is 10.7 Å². The number of rotatable bonds is 4. The quantitative estimate of drug-likeness (QED) is 0.605. The summed E-state index contributed by atoms with van der Waals surface area (Å²) >= 11 is 0. The molecule has 2 aliphatic rings. The summed E-state index contributed by atoms with van der Waals surface area (Å²) in [6.45, 7) is 5.22. The molecule has 1 aliphatic heterocycles. The third-order valence-electron chi connectivity index (χ3n) is 6.18. The van der Waals surface area contributed by atoms with E-state index in [1.165, 1.54) is 0 Å². The Morgan fingerprint density at radius 2 is 1.93 bits per heavy atom. The molecule has 0 amide bonds. The number of aliphatic hydroxyl groups excluding tert-OH is 2. The summed E-state index contributed by atoms with van der Waals surface area (Å²) < 4.78 is 7.22. The molecule has 158 valence electrons. The average molecular weight is 409 g/mol. The summed E-state index contributed by atoms with van der Waals surface area (Å²) in [6.07, 6.45) is 0.912. The molecule has 2 fully saturated rings. The molecule has 8 heteroatoms. The highest BCUT2D eigenvalue weighted by molar-refractivity contribution is 5.69. The van der Waals surface area contributed by atoms with Crippen molar-refractivity contribution in [2.75, 3.05) is 36.5 Å². The predicted molar refractivity (Wildman–Crippen MR) is 115 cm³/mol. The van der Waals surface area contributed by atoms with Gasteiger partial charge in [0.25, 0.3) is 0 Å². The van der Waals surface area contributed by atoms with Crippen LogP contribution in [0.3, 0.4) is 0 Å². The lowest BCUT2D eigenvalue weighted by molar-refractivity contribution is 0.0210. The number of morpholine rings is 1. The Morgan fingerprint density at radius 1 is 1.10 bits per heavy atom. The molecule has 1 aromatic carbocycles. The first-order chi connectivity index (χ1) is 14.6. The van der Waals surface area contributed by atoms with E-state index in [0.717, 1.165) is 54.7 Å². The first kappa shape index (κ1) is 19.3. The molecule has 1 saturated carbocycles. The molecule has 1 saturated heterocycles. The van der Waals surface area contributed by atoms with Gasteiger partial charge in [-0.2, -0.15) is 9.61 Å². The molecule has 5 rings (SSSR count). The highest BCUT2D eigenvalue weighted by Gasteiger charge is 2.39. The van der Waals surface area contributed by atoms with Crippen LogP contribution in [0.1, 0.15) is 13.3 Å². The van der Waals surface area contributed by atoms with Crippen LogP contribution in [0.15, 0.2) is 42.6 Å². The van der Waals surface area contributed by atoms with Gasteiger partial charge in [-0.1, -0.05) is 19.1 Å². The van der Waals surface area contributed by atoms with Gasteiger partial charge in [0.2, 0.25) is 0 Å². The molecule has 3 aromatic rings. The van der Waals surface area contributed by atoms with Crippen molar-refractivity contribution in [1.29, 1.82) is 0 Å². The van der Waals surface area contributed by atoms with E-state index in [9.17, 15) is 10.2 Å². The van der Waals surface area contributed by atoms with E-state index in [2.05, 4.69) is 33.4 Å². The summed E-state index contributed by atoms with van der Waals surface area (Å²) in [6, 6.07) is 12.0. The standard InChI is InChI=1S/C22H27N5O3/c1-14-11-18(22(29)21(14)28)24-19-5-6-23-20-13-17(25-27(19)20)15-3-2-4-16(12-15)26-7-9-30-10-8-26/h2-6,12-14,18,21-22,24,28-29H,7-11H2,1H3/t14-,18-,21-,22+/m1/s1. The lowest BCUT2D eigenvalue weighted by Gasteiger charge is -2.29. The minimum Gasteiger partial charge on any atom is -0.390 e. The van der Waals surface area contributed by atoms with Crippen molar-refractivity contribution < 1.29 is 14.9 Å². The van der Waals surface area contributed by atoms with Gasteiger partial charge in [0.15, 0.2) is 5.65 Å². The molecule has 2 aromatic heterocycles. The van der Waals surface area contributed by atoms with E-state index in [4.69, 9.17) is 9.84 Å². The van der Waals surface area contributed by atoms with E-state index in [0.29, 0.717) is 6.42 Å². The summed E-state index contributed by atoms with van der Waals surface area (Å²) in [5.41, 5.74) is 3.76. The van der Waals surface area contributed by atoms with Crippen LogP contribution >= 0.6 is 0 Å². The van der Waals surface area contributed by atoms with Gasteiger partial charge in [0, 0.05) is 36.6 Å². The van der Waals surface area contributed by atoms with Crippen LogP contribution < -0.4 is 10.2 Å². The van der Waals surface area contributed by atoms with Crippen LogP contribution in [0.2, 0.25) is 0 Å². The third kappa shape index (κ3) is 3.51. The predicted octanol–water partition coefficient (Wildman–Crippen LogP) is 1.77. The number of nitrogens with one attached hydrogen (secondary N) is 1. The SMILES string of the molecule is C[C@@H]1C[C@@H](Nc2ccnc3cc(-c4cccc(N5CCOCC5)c4)nn23)[C@H](O)[C@@H]1O. The van der Waals surface area contributed by atoms with Crippen LogP contribution in [-0.4, -0.2) is 69.4 Å². The van der Waals surface area contributed by atoms with Crippen molar-refractivity contribution in [3.8, 4) is 11.3 Å². The minimum atomic E-state index is -0.802. The highest BCUT2D eigenvalue weighted by Crippen LogP contribution is 2.30. The fraction of sp³-hybridized carbons (Fsp3) is 0.455. The van der Waals surface area contributed by atoms with Crippen LogP contribution in [0.5, 0.6) is 0 Å². The highest BCUT2D eigenvalue weighted by atomic mass is 16.5.